The fraction of sp³-hybridized carbons (Fsp3) is 0.417. The predicted molar refractivity (Wildman–Crippen MR) is 130 cm³/mol. The molecular weight excluding hydrogens is 458 g/mol. The van der Waals surface area contributed by atoms with Crippen LogP contribution in [0.15, 0.2) is 58.3 Å². The molecule has 1 fully saturated rings. The van der Waals surface area contributed by atoms with Gasteiger partial charge in [-0.2, -0.15) is 4.31 Å². The van der Waals surface area contributed by atoms with Crippen molar-refractivity contribution in [2.75, 3.05) is 44.2 Å². The number of Topliss-reactive ketones (excluding diaryl/α,β-unsaturated/α-hetero) is 1. The Morgan fingerprint density at radius 2 is 1.64 bits per heavy atom. The van der Waals surface area contributed by atoms with Crippen LogP contribution >= 0.6 is 11.8 Å². The van der Waals surface area contributed by atoms with Crippen molar-refractivity contribution in [2.45, 2.75) is 35.3 Å². The highest BCUT2D eigenvalue weighted by molar-refractivity contribution is 8.00. The molecule has 2 aromatic rings. The first-order chi connectivity index (χ1) is 15.8. The summed E-state index contributed by atoms with van der Waals surface area (Å²) in [5, 5.41) is 0.446. The number of amides is 1. The number of carbonyl (C=O) groups is 2. The van der Waals surface area contributed by atoms with Gasteiger partial charge in [0.2, 0.25) is 15.9 Å². The minimum atomic E-state index is -3.63. The zero-order valence-electron chi connectivity index (χ0n) is 18.9. The van der Waals surface area contributed by atoms with Gasteiger partial charge >= 0.3 is 0 Å². The lowest BCUT2D eigenvalue weighted by Crippen LogP contribution is -2.51. The number of fused-ring (bicyclic) bond motifs is 1. The molecule has 1 amide bonds. The van der Waals surface area contributed by atoms with Crippen molar-refractivity contribution in [3.8, 4) is 0 Å². The average Bonchev–Trinajstić information content (AvgIpc) is 2.97. The SMILES string of the molecule is CC(=O)c1ccc(S(=O)(=O)N2CCN(CC(=O)N3CC[C@@H](C)Sc4ccccc43)CC2)cc1. The Morgan fingerprint density at radius 3 is 2.30 bits per heavy atom. The second-order valence-electron chi connectivity index (χ2n) is 8.49. The predicted octanol–water partition coefficient (Wildman–Crippen LogP) is 3.11. The molecule has 9 heteroatoms. The third-order valence-corrected chi connectivity index (χ3v) is 9.28. The number of hydrogen-bond acceptors (Lipinski definition) is 6. The molecule has 0 aliphatic carbocycles. The number of thioether (sulfide) groups is 1. The Morgan fingerprint density at radius 1 is 0.970 bits per heavy atom. The Kier molecular flexibility index (Phi) is 7.23. The molecule has 4 rings (SSSR count). The normalized spacial score (nSPS) is 20.2. The standard InChI is InChI=1S/C24H29N3O4S2/c1-18-11-12-27(22-5-3-4-6-23(22)32-18)24(29)17-25-13-15-26(16-14-25)33(30,31)21-9-7-20(8-10-21)19(2)28/h3-10,18H,11-17H2,1-2H3/t18-/m1/s1. The summed E-state index contributed by atoms with van der Waals surface area (Å²) >= 11 is 1.80. The topological polar surface area (TPSA) is 78.0 Å². The first kappa shape index (κ1) is 23.9. The van der Waals surface area contributed by atoms with Crippen LogP contribution in [-0.4, -0.2) is 73.8 Å². The van der Waals surface area contributed by atoms with Gasteiger partial charge in [0.15, 0.2) is 5.78 Å². The summed E-state index contributed by atoms with van der Waals surface area (Å²) < 4.78 is 27.4. The van der Waals surface area contributed by atoms with Crippen molar-refractivity contribution in [3.63, 3.8) is 0 Å². The van der Waals surface area contributed by atoms with Gasteiger partial charge in [-0.05, 0) is 37.6 Å². The smallest absolute Gasteiger partial charge is 0.243 e. The van der Waals surface area contributed by atoms with E-state index in [-0.39, 0.29) is 23.1 Å². The minimum absolute atomic E-state index is 0.0493. The van der Waals surface area contributed by atoms with Gasteiger partial charge < -0.3 is 4.90 Å². The van der Waals surface area contributed by atoms with Gasteiger partial charge in [0.25, 0.3) is 0 Å². The molecule has 0 aromatic heterocycles. The average molecular weight is 488 g/mol. The molecule has 1 atom stereocenters. The molecule has 0 radical (unpaired) electrons. The third kappa shape index (κ3) is 5.32. The maximum atomic E-state index is 13.2. The molecule has 0 saturated carbocycles. The maximum absolute atomic E-state index is 13.2. The summed E-state index contributed by atoms with van der Waals surface area (Å²) in [5.74, 6) is -0.0504. The van der Waals surface area contributed by atoms with Crippen molar-refractivity contribution in [1.82, 2.24) is 9.21 Å². The van der Waals surface area contributed by atoms with Gasteiger partial charge in [-0.1, -0.05) is 31.2 Å². The van der Waals surface area contributed by atoms with E-state index in [0.29, 0.717) is 43.5 Å². The van der Waals surface area contributed by atoms with Crippen LogP contribution < -0.4 is 4.90 Å². The summed E-state index contributed by atoms with van der Waals surface area (Å²) in [4.78, 5) is 29.9. The number of piperazine rings is 1. The first-order valence-electron chi connectivity index (χ1n) is 11.2. The molecule has 2 aliphatic heterocycles. The first-order valence-corrected chi connectivity index (χ1v) is 13.5. The molecule has 33 heavy (non-hydrogen) atoms. The number of hydrogen-bond donors (Lipinski definition) is 0. The Labute approximate surface area is 199 Å². The fourth-order valence-electron chi connectivity index (χ4n) is 4.16. The number of rotatable bonds is 5. The van der Waals surface area contributed by atoms with Crippen molar-refractivity contribution >= 4 is 39.2 Å². The fourth-order valence-corrected chi connectivity index (χ4v) is 6.70. The van der Waals surface area contributed by atoms with Crippen LogP contribution in [0, 0.1) is 0 Å². The van der Waals surface area contributed by atoms with E-state index in [4.69, 9.17) is 0 Å². The Hall–Kier alpha value is -2.20. The van der Waals surface area contributed by atoms with Crippen LogP contribution in [0.2, 0.25) is 0 Å². The molecule has 1 saturated heterocycles. The molecule has 2 aromatic carbocycles. The summed E-state index contributed by atoms with van der Waals surface area (Å²) in [6, 6.07) is 14.1. The van der Waals surface area contributed by atoms with E-state index in [1.54, 1.807) is 23.9 Å². The van der Waals surface area contributed by atoms with Gasteiger partial charge in [0, 0.05) is 48.4 Å². The van der Waals surface area contributed by atoms with E-state index >= 15 is 0 Å². The van der Waals surface area contributed by atoms with Gasteiger partial charge in [-0.25, -0.2) is 8.42 Å². The minimum Gasteiger partial charge on any atom is -0.310 e. The van der Waals surface area contributed by atoms with E-state index in [9.17, 15) is 18.0 Å². The van der Waals surface area contributed by atoms with E-state index in [1.807, 2.05) is 28.0 Å². The lowest BCUT2D eigenvalue weighted by atomic mass is 10.2. The zero-order chi connectivity index (χ0) is 23.6. The highest BCUT2D eigenvalue weighted by Crippen LogP contribution is 2.37. The molecule has 0 spiro atoms. The molecule has 7 nitrogen and oxygen atoms in total. The Bertz CT molecular complexity index is 1130. The lowest BCUT2D eigenvalue weighted by Gasteiger charge is -2.34. The lowest BCUT2D eigenvalue weighted by molar-refractivity contribution is -0.120. The van der Waals surface area contributed by atoms with Gasteiger partial charge in [-0.15, -0.1) is 11.8 Å². The molecule has 0 N–H and O–H groups in total. The van der Waals surface area contributed by atoms with Crippen molar-refractivity contribution < 1.29 is 18.0 Å². The molecule has 0 unspecified atom stereocenters. The summed E-state index contributed by atoms with van der Waals surface area (Å²) in [5.41, 5.74) is 1.45. The van der Waals surface area contributed by atoms with Gasteiger partial charge in [-0.3, -0.25) is 14.5 Å². The van der Waals surface area contributed by atoms with Gasteiger partial charge in [0.05, 0.1) is 17.1 Å². The van der Waals surface area contributed by atoms with Crippen LogP contribution in [0.4, 0.5) is 5.69 Å². The van der Waals surface area contributed by atoms with Gasteiger partial charge in [0.1, 0.15) is 0 Å². The highest BCUT2D eigenvalue weighted by atomic mass is 32.2. The van der Waals surface area contributed by atoms with E-state index in [0.717, 1.165) is 17.0 Å². The zero-order valence-corrected chi connectivity index (χ0v) is 20.6. The van der Waals surface area contributed by atoms with Crippen LogP contribution in [0.5, 0.6) is 0 Å². The van der Waals surface area contributed by atoms with E-state index in [1.165, 1.54) is 23.4 Å². The Balaban J connectivity index is 1.38. The second-order valence-corrected chi connectivity index (χ2v) is 11.9. The van der Waals surface area contributed by atoms with E-state index in [2.05, 4.69) is 13.0 Å². The number of ketones is 1. The van der Waals surface area contributed by atoms with Crippen LogP contribution in [-0.2, 0) is 14.8 Å². The highest BCUT2D eigenvalue weighted by Gasteiger charge is 2.31. The van der Waals surface area contributed by atoms with E-state index < -0.39 is 10.0 Å². The molecule has 2 aliphatic rings. The monoisotopic (exact) mass is 487 g/mol. The van der Waals surface area contributed by atoms with Crippen molar-refractivity contribution in [3.05, 3.63) is 54.1 Å². The van der Waals surface area contributed by atoms with Crippen molar-refractivity contribution in [2.24, 2.45) is 0 Å². The summed E-state index contributed by atoms with van der Waals surface area (Å²) in [6.45, 7) is 6.25. The number of benzene rings is 2. The summed E-state index contributed by atoms with van der Waals surface area (Å²) in [7, 11) is -3.63. The molecule has 2 heterocycles. The second kappa shape index (κ2) is 9.97. The quantitative estimate of drug-likeness (QED) is 0.603. The maximum Gasteiger partial charge on any atom is 0.243 e. The van der Waals surface area contributed by atoms with Crippen LogP contribution in [0.1, 0.15) is 30.6 Å². The van der Waals surface area contributed by atoms with Crippen LogP contribution in [0.25, 0.3) is 0 Å². The molecule has 0 bridgehead atoms. The number of carbonyl (C=O) groups excluding carboxylic acids is 2. The largest absolute Gasteiger partial charge is 0.310 e. The number of anilines is 1. The molecular formula is C24H29N3O4S2. The number of para-hydroxylation sites is 1. The number of nitrogens with zero attached hydrogens (tertiary/aromatic N) is 3. The van der Waals surface area contributed by atoms with Crippen molar-refractivity contribution in [1.29, 1.82) is 0 Å². The van der Waals surface area contributed by atoms with Crippen LogP contribution in [0.3, 0.4) is 0 Å². The molecule has 176 valence electrons. The third-order valence-electron chi connectivity index (χ3n) is 6.13. The summed E-state index contributed by atoms with van der Waals surface area (Å²) in [6.07, 6.45) is 0.930. The number of sulfonamides is 1.